The van der Waals surface area contributed by atoms with Crippen molar-refractivity contribution < 1.29 is 13.6 Å². The smallest absolute Gasteiger partial charge is 0.239 e. The second-order valence-corrected chi connectivity index (χ2v) is 10.1. The lowest BCUT2D eigenvalue weighted by atomic mass is 9.66. The fourth-order valence-electron chi connectivity index (χ4n) is 6.33. The van der Waals surface area contributed by atoms with Crippen LogP contribution in [0.5, 0.6) is 0 Å². The lowest BCUT2D eigenvalue weighted by Crippen LogP contribution is -2.37. The van der Waals surface area contributed by atoms with Crippen molar-refractivity contribution in [3.8, 4) is 22.5 Å². The molecule has 2 aliphatic rings. The number of benzene rings is 1. The van der Waals surface area contributed by atoms with Crippen LogP contribution in [0.15, 0.2) is 54.9 Å². The topological polar surface area (TPSA) is 99.6 Å². The van der Waals surface area contributed by atoms with Crippen molar-refractivity contribution in [1.29, 1.82) is 0 Å². The van der Waals surface area contributed by atoms with Crippen LogP contribution in [0.4, 0.5) is 8.78 Å². The van der Waals surface area contributed by atoms with Crippen molar-refractivity contribution in [2.75, 3.05) is 0 Å². The molecule has 0 aliphatic heterocycles. The highest BCUT2D eigenvalue weighted by molar-refractivity contribution is 5.73. The molecule has 3 heterocycles. The molecular formula is C27H24F2N6O. The summed E-state index contributed by atoms with van der Waals surface area (Å²) in [6.45, 7) is 4.40. The molecule has 182 valence electrons. The summed E-state index contributed by atoms with van der Waals surface area (Å²) in [5.41, 5.74) is 8.76. The zero-order chi connectivity index (χ0) is 25.2. The Bertz CT molecular complexity index is 1510. The van der Waals surface area contributed by atoms with Crippen molar-refractivity contribution in [3.05, 3.63) is 83.4 Å². The Hall–Kier alpha value is -4.01. The van der Waals surface area contributed by atoms with E-state index in [-0.39, 0.29) is 29.1 Å². The summed E-state index contributed by atoms with van der Waals surface area (Å²) in [5, 5.41) is 13.1. The number of primary amides is 1. The van der Waals surface area contributed by atoms with E-state index in [1.807, 2.05) is 18.2 Å². The van der Waals surface area contributed by atoms with Gasteiger partial charge >= 0.3 is 0 Å². The third-order valence-electron chi connectivity index (χ3n) is 8.03. The van der Waals surface area contributed by atoms with E-state index in [0.717, 1.165) is 41.1 Å². The number of rotatable bonds is 5. The van der Waals surface area contributed by atoms with E-state index in [1.165, 1.54) is 22.9 Å². The van der Waals surface area contributed by atoms with E-state index in [0.29, 0.717) is 0 Å². The quantitative estimate of drug-likeness (QED) is 0.452. The van der Waals surface area contributed by atoms with Crippen molar-refractivity contribution >= 4 is 5.91 Å². The maximum absolute atomic E-state index is 14.5. The molecule has 2 N–H and O–H groups in total. The van der Waals surface area contributed by atoms with Crippen LogP contribution in [-0.2, 0) is 16.8 Å². The number of nitrogens with zero attached hydrogens (tertiary/aromatic N) is 5. The molecule has 0 spiro atoms. The molecule has 9 heteroatoms. The number of hydrogen-bond donors (Lipinski definition) is 1. The van der Waals surface area contributed by atoms with Crippen molar-refractivity contribution in [2.45, 2.75) is 44.6 Å². The summed E-state index contributed by atoms with van der Waals surface area (Å²) in [5.74, 6) is -1.64. The Morgan fingerprint density at radius 3 is 2.61 bits per heavy atom. The molecule has 0 saturated heterocycles. The number of nitrogens with two attached hydrogens (primary N) is 1. The van der Waals surface area contributed by atoms with Crippen LogP contribution in [0.2, 0.25) is 0 Å². The first-order chi connectivity index (χ1) is 17.2. The minimum absolute atomic E-state index is 0.00770. The third-order valence-corrected chi connectivity index (χ3v) is 8.03. The van der Waals surface area contributed by atoms with E-state index >= 15 is 0 Å². The molecule has 36 heavy (non-hydrogen) atoms. The molecule has 0 unspecified atom stereocenters. The van der Waals surface area contributed by atoms with Gasteiger partial charge in [-0.25, -0.2) is 8.78 Å². The van der Waals surface area contributed by atoms with Crippen LogP contribution in [0.1, 0.15) is 49.6 Å². The van der Waals surface area contributed by atoms with Crippen molar-refractivity contribution in [2.24, 2.45) is 11.1 Å². The number of carbonyl (C=O) groups is 1. The van der Waals surface area contributed by atoms with Crippen molar-refractivity contribution in [1.82, 2.24) is 25.0 Å². The number of fused-ring (bicyclic) bond motifs is 5. The lowest BCUT2D eigenvalue weighted by Gasteiger charge is -2.37. The van der Waals surface area contributed by atoms with Gasteiger partial charge in [0.15, 0.2) is 0 Å². The monoisotopic (exact) mass is 486 g/mol. The minimum atomic E-state index is -0.660. The lowest BCUT2D eigenvalue weighted by molar-refractivity contribution is -0.118. The van der Waals surface area contributed by atoms with Gasteiger partial charge in [-0.15, -0.1) is 5.10 Å². The Morgan fingerprint density at radius 1 is 1.11 bits per heavy atom. The maximum Gasteiger partial charge on any atom is 0.239 e. The minimum Gasteiger partial charge on any atom is -0.368 e. The fourth-order valence-corrected chi connectivity index (χ4v) is 6.33. The molecule has 6 rings (SSSR count). The predicted octanol–water partition coefficient (Wildman–Crippen LogP) is 4.37. The molecule has 2 atom stereocenters. The maximum atomic E-state index is 14.5. The van der Waals surface area contributed by atoms with Gasteiger partial charge in [0.05, 0.1) is 40.0 Å². The van der Waals surface area contributed by atoms with Gasteiger partial charge in [0.2, 0.25) is 5.91 Å². The first-order valence-corrected chi connectivity index (χ1v) is 11.8. The number of pyridine rings is 1. The molecule has 1 aromatic carbocycles. The Labute approximate surface area is 206 Å². The standard InChI is InChI=1S/C27H24F2N6O/c1-26(2)17-9-10-27(26,22-8-4-7-20(32-22)15-12-31-35(13-15)14-23(30)36)25-16(17)11-21(33-34-25)24-18(28)5-3-6-19(24)29/h3-8,11-13,17H,9-10,14H2,1-2H3,(H2,30,36)/t17-,27-/m0/s1. The summed E-state index contributed by atoms with van der Waals surface area (Å²) >= 11 is 0. The van der Waals surface area contributed by atoms with E-state index in [1.54, 1.807) is 18.5 Å². The summed E-state index contributed by atoms with van der Waals surface area (Å²) in [6.07, 6.45) is 5.16. The highest BCUT2D eigenvalue weighted by atomic mass is 19.1. The molecule has 4 aromatic rings. The van der Waals surface area contributed by atoms with Gasteiger partial charge in [0, 0.05) is 11.8 Å². The highest BCUT2D eigenvalue weighted by Crippen LogP contribution is 2.69. The molecule has 1 amide bonds. The second kappa shape index (κ2) is 7.74. The van der Waals surface area contributed by atoms with E-state index in [4.69, 9.17) is 10.7 Å². The normalized spacial score (nSPS) is 21.5. The molecule has 0 radical (unpaired) electrons. The molecule has 1 saturated carbocycles. The van der Waals surface area contributed by atoms with Crippen LogP contribution < -0.4 is 5.73 Å². The van der Waals surface area contributed by atoms with Crippen LogP contribution in [-0.4, -0.2) is 30.9 Å². The van der Waals surface area contributed by atoms with E-state index in [2.05, 4.69) is 29.1 Å². The van der Waals surface area contributed by atoms with Crippen LogP contribution in [0, 0.1) is 17.0 Å². The average molecular weight is 487 g/mol. The number of carbonyl (C=O) groups excluding carboxylic acids is 1. The largest absolute Gasteiger partial charge is 0.368 e. The third kappa shape index (κ3) is 3.04. The first kappa shape index (κ1) is 22.5. The predicted molar refractivity (Wildman–Crippen MR) is 129 cm³/mol. The summed E-state index contributed by atoms with van der Waals surface area (Å²) in [6, 6.07) is 11.5. The van der Waals surface area contributed by atoms with Gasteiger partial charge in [0.1, 0.15) is 18.2 Å². The van der Waals surface area contributed by atoms with Gasteiger partial charge < -0.3 is 5.73 Å². The zero-order valence-corrected chi connectivity index (χ0v) is 19.9. The summed E-state index contributed by atoms with van der Waals surface area (Å²) < 4.78 is 30.5. The molecular weight excluding hydrogens is 462 g/mol. The molecule has 7 nitrogen and oxygen atoms in total. The average Bonchev–Trinajstić information content (AvgIpc) is 3.46. The van der Waals surface area contributed by atoms with Gasteiger partial charge in [0.25, 0.3) is 0 Å². The Balaban J connectivity index is 1.46. The zero-order valence-electron chi connectivity index (χ0n) is 19.9. The number of aromatic nitrogens is 5. The van der Waals surface area contributed by atoms with Crippen LogP contribution in [0.25, 0.3) is 22.5 Å². The van der Waals surface area contributed by atoms with Crippen LogP contribution >= 0.6 is 0 Å². The van der Waals surface area contributed by atoms with Crippen LogP contribution in [0.3, 0.4) is 0 Å². The number of amides is 1. The van der Waals surface area contributed by atoms with Gasteiger partial charge in [-0.2, -0.15) is 10.2 Å². The Kier molecular flexibility index (Phi) is 4.83. The first-order valence-electron chi connectivity index (χ1n) is 11.8. The van der Waals surface area contributed by atoms with Gasteiger partial charge in [-0.1, -0.05) is 26.0 Å². The van der Waals surface area contributed by atoms with Crippen molar-refractivity contribution in [3.63, 3.8) is 0 Å². The number of hydrogen-bond acceptors (Lipinski definition) is 5. The molecule has 3 aromatic heterocycles. The molecule has 2 aliphatic carbocycles. The van der Waals surface area contributed by atoms with E-state index in [9.17, 15) is 13.6 Å². The SMILES string of the molecule is CC1(C)[C@H]2CC[C@]1(c1cccc(-c3cnn(CC(N)=O)c3)n1)c1nnc(-c3c(F)cccc3F)cc12. The highest BCUT2D eigenvalue weighted by Gasteiger charge is 2.65. The number of halogens is 2. The fraction of sp³-hybridized carbons (Fsp3) is 0.296. The van der Waals surface area contributed by atoms with E-state index < -0.39 is 23.0 Å². The Morgan fingerprint density at radius 2 is 1.86 bits per heavy atom. The second-order valence-electron chi connectivity index (χ2n) is 10.1. The summed E-state index contributed by atoms with van der Waals surface area (Å²) in [7, 11) is 0. The van der Waals surface area contributed by atoms with Gasteiger partial charge in [-0.3, -0.25) is 14.5 Å². The van der Waals surface area contributed by atoms with Gasteiger partial charge in [-0.05, 0) is 60.1 Å². The molecule has 2 bridgehead atoms. The molecule has 1 fully saturated rings. The summed E-state index contributed by atoms with van der Waals surface area (Å²) in [4.78, 5) is 16.3.